The monoisotopic (exact) mass is 530 g/mol. The van der Waals surface area contributed by atoms with Crippen LogP contribution in [-0.2, 0) is 0 Å². The first-order valence-corrected chi connectivity index (χ1v) is 10.9. The molecule has 0 atom stereocenters. The molecule has 0 radical (unpaired) electrons. The molecule has 0 aliphatic carbocycles. The molecule has 0 aromatic heterocycles. The molecule has 2 amide bonds. The Morgan fingerprint density at radius 2 is 1.37 bits per heavy atom. The van der Waals surface area contributed by atoms with Gasteiger partial charge in [-0.05, 0) is 61.0 Å². The van der Waals surface area contributed by atoms with Gasteiger partial charge >= 0.3 is 0 Å². The molecule has 154 valence electrons. The number of ether oxygens (including phenoxy) is 1. The van der Waals surface area contributed by atoms with E-state index in [4.69, 9.17) is 4.74 Å². The van der Waals surface area contributed by atoms with Crippen LogP contribution in [0.1, 0.15) is 39.4 Å². The van der Waals surface area contributed by atoms with Gasteiger partial charge in [-0.25, -0.2) is 0 Å². The van der Waals surface area contributed by atoms with Gasteiger partial charge in [0.1, 0.15) is 11.9 Å². The molecule has 3 aromatic carbocycles. The Morgan fingerprint density at radius 1 is 0.833 bits per heavy atom. The average molecular weight is 532 g/mol. The van der Waals surface area contributed by atoms with E-state index >= 15 is 0 Å². The van der Waals surface area contributed by atoms with Gasteiger partial charge in [0.2, 0.25) is 0 Å². The first-order valence-electron chi connectivity index (χ1n) is 9.32. The number of hydrogen-bond donors (Lipinski definition) is 2. The van der Waals surface area contributed by atoms with E-state index in [2.05, 4.69) is 42.5 Å². The van der Waals surface area contributed by atoms with Gasteiger partial charge in [-0.1, -0.05) is 56.1 Å². The molecule has 0 aliphatic heterocycles. The van der Waals surface area contributed by atoms with Crippen molar-refractivity contribution >= 4 is 43.7 Å². The third-order valence-corrected chi connectivity index (χ3v) is 5.21. The zero-order valence-electron chi connectivity index (χ0n) is 16.2. The van der Waals surface area contributed by atoms with Gasteiger partial charge in [0.15, 0.2) is 0 Å². The standard InChI is InChI=1S/C23H20Br2N2O3/c1-2-30-20-11-5-6-15(14-20)21(26-22(28)16-7-3-9-18(24)12-16)27-23(29)17-8-4-10-19(25)13-17/h3-14,21H,2H2,1H3,(H,26,28)(H,27,29). The zero-order valence-corrected chi connectivity index (χ0v) is 19.4. The molecule has 30 heavy (non-hydrogen) atoms. The lowest BCUT2D eigenvalue weighted by molar-refractivity contribution is 0.0883. The summed E-state index contributed by atoms with van der Waals surface area (Å²) in [5.74, 6) is 0.0451. The van der Waals surface area contributed by atoms with Crippen LogP contribution in [0, 0.1) is 0 Å². The summed E-state index contributed by atoms with van der Waals surface area (Å²) in [6.45, 7) is 2.41. The summed E-state index contributed by atoms with van der Waals surface area (Å²) < 4.78 is 7.16. The Labute approximate surface area is 192 Å². The van der Waals surface area contributed by atoms with Gasteiger partial charge in [-0.3, -0.25) is 9.59 Å². The number of rotatable bonds is 7. The predicted molar refractivity (Wildman–Crippen MR) is 124 cm³/mol. The minimum absolute atomic E-state index is 0.308. The number of halogens is 2. The molecule has 0 unspecified atom stereocenters. The van der Waals surface area contributed by atoms with E-state index in [1.807, 2.05) is 37.3 Å². The minimum Gasteiger partial charge on any atom is -0.494 e. The van der Waals surface area contributed by atoms with Gasteiger partial charge in [-0.2, -0.15) is 0 Å². The molecule has 0 saturated carbocycles. The Morgan fingerprint density at radius 3 is 1.87 bits per heavy atom. The van der Waals surface area contributed by atoms with E-state index in [0.717, 1.165) is 8.95 Å². The van der Waals surface area contributed by atoms with E-state index < -0.39 is 6.17 Å². The topological polar surface area (TPSA) is 67.4 Å². The molecule has 3 aromatic rings. The van der Waals surface area contributed by atoms with Crippen LogP contribution in [0.2, 0.25) is 0 Å². The summed E-state index contributed by atoms with van der Waals surface area (Å²) >= 11 is 6.75. The Hall–Kier alpha value is -2.64. The molecule has 7 heteroatoms. The van der Waals surface area contributed by atoms with Crippen molar-refractivity contribution < 1.29 is 14.3 Å². The molecule has 0 heterocycles. The first kappa shape index (κ1) is 22.1. The molecular formula is C23H20Br2N2O3. The van der Waals surface area contributed by atoms with Crippen molar-refractivity contribution in [3.63, 3.8) is 0 Å². The maximum atomic E-state index is 12.8. The van der Waals surface area contributed by atoms with Gasteiger partial charge in [0, 0.05) is 20.1 Å². The van der Waals surface area contributed by atoms with Crippen LogP contribution in [0.5, 0.6) is 5.75 Å². The van der Waals surface area contributed by atoms with Crippen molar-refractivity contribution in [1.29, 1.82) is 0 Å². The summed E-state index contributed by atoms with van der Waals surface area (Å²) in [4.78, 5) is 25.7. The van der Waals surface area contributed by atoms with Crippen molar-refractivity contribution in [2.75, 3.05) is 6.61 Å². The van der Waals surface area contributed by atoms with E-state index in [-0.39, 0.29) is 11.8 Å². The van der Waals surface area contributed by atoms with E-state index in [9.17, 15) is 9.59 Å². The van der Waals surface area contributed by atoms with Crippen LogP contribution < -0.4 is 15.4 Å². The summed E-state index contributed by atoms with van der Waals surface area (Å²) in [6.07, 6.45) is -0.747. The van der Waals surface area contributed by atoms with Crippen LogP contribution >= 0.6 is 31.9 Å². The first-order chi connectivity index (χ1) is 14.5. The third kappa shape index (κ3) is 5.93. The molecule has 0 spiro atoms. The molecule has 3 rings (SSSR count). The molecule has 2 N–H and O–H groups in total. The molecule has 0 saturated heterocycles. The highest BCUT2D eigenvalue weighted by Gasteiger charge is 2.20. The molecule has 5 nitrogen and oxygen atoms in total. The lowest BCUT2D eigenvalue weighted by atomic mass is 10.1. The van der Waals surface area contributed by atoms with Crippen molar-refractivity contribution in [3.05, 3.63) is 98.4 Å². The van der Waals surface area contributed by atoms with E-state index in [1.165, 1.54) is 0 Å². The molecule has 0 bridgehead atoms. The second-order valence-electron chi connectivity index (χ2n) is 6.41. The smallest absolute Gasteiger partial charge is 0.253 e. The maximum Gasteiger partial charge on any atom is 0.253 e. The van der Waals surface area contributed by atoms with Crippen LogP contribution in [0.15, 0.2) is 81.7 Å². The number of carbonyl (C=O) groups excluding carboxylic acids is 2. The zero-order chi connectivity index (χ0) is 21.5. The summed E-state index contributed by atoms with van der Waals surface area (Å²) in [5.41, 5.74) is 1.66. The highest BCUT2D eigenvalue weighted by atomic mass is 79.9. The van der Waals surface area contributed by atoms with Crippen LogP contribution in [0.3, 0.4) is 0 Å². The lowest BCUT2D eigenvalue weighted by Gasteiger charge is -2.22. The van der Waals surface area contributed by atoms with Gasteiger partial charge in [0.25, 0.3) is 11.8 Å². The Kier molecular flexibility index (Phi) is 7.65. The van der Waals surface area contributed by atoms with Gasteiger partial charge in [0.05, 0.1) is 6.61 Å². The van der Waals surface area contributed by atoms with Crippen LogP contribution in [0.4, 0.5) is 0 Å². The molecular weight excluding hydrogens is 512 g/mol. The van der Waals surface area contributed by atoms with Gasteiger partial charge in [-0.15, -0.1) is 0 Å². The second kappa shape index (κ2) is 10.4. The normalized spacial score (nSPS) is 10.5. The summed E-state index contributed by atoms with van der Waals surface area (Å²) in [5, 5.41) is 5.80. The van der Waals surface area contributed by atoms with Crippen molar-refractivity contribution in [1.82, 2.24) is 10.6 Å². The molecule has 0 aliphatic rings. The van der Waals surface area contributed by atoms with Crippen LogP contribution in [-0.4, -0.2) is 18.4 Å². The fourth-order valence-corrected chi connectivity index (χ4v) is 3.64. The average Bonchev–Trinajstić information content (AvgIpc) is 2.73. The number of hydrogen-bond acceptors (Lipinski definition) is 3. The Bertz CT molecular complexity index is 996. The highest BCUT2D eigenvalue weighted by Crippen LogP contribution is 2.20. The largest absolute Gasteiger partial charge is 0.494 e. The number of nitrogens with one attached hydrogen (secondary N) is 2. The van der Waals surface area contributed by atoms with Crippen molar-refractivity contribution in [3.8, 4) is 5.75 Å². The fraction of sp³-hybridized carbons (Fsp3) is 0.130. The number of carbonyl (C=O) groups is 2. The minimum atomic E-state index is -0.747. The van der Waals surface area contributed by atoms with Crippen LogP contribution in [0.25, 0.3) is 0 Å². The quantitative estimate of drug-likeness (QED) is 0.397. The van der Waals surface area contributed by atoms with E-state index in [1.54, 1.807) is 42.5 Å². The number of amides is 2. The third-order valence-electron chi connectivity index (χ3n) is 4.23. The predicted octanol–water partition coefficient (Wildman–Crippen LogP) is 5.47. The molecule has 0 fully saturated rings. The highest BCUT2D eigenvalue weighted by molar-refractivity contribution is 9.10. The van der Waals surface area contributed by atoms with Gasteiger partial charge < -0.3 is 15.4 Å². The summed E-state index contributed by atoms with van der Waals surface area (Å²) in [7, 11) is 0. The second-order valence-corrected chi connectivity index (χ2v) is 8.24. The SMILES string of the molecule is CCOc1cccc(C(NC(=O)c2cccc(Br)c2)NC(=O)c2cccc(Br)c2)c1. The number of benzene rings is 3. The lowest BCUT2D eigenvalue weighted by Crippen LogP contribution is -2.41. The maximum absolute atomic E-state index is 12.8. The fourth-order valence-electron chi connectivity index (χ4n) is 2.84. The Balaban J connectivity index is 1.88. The van der Waals surface area contributed by atoms with Crippen molar-refractivity contribution in [2.45, 2.75) is 13.1 Å². The summed E-state index contributed by atoms with van der Waals surface area (Å²) in [6, 6.07) is 21.4. The van der Waals surface area contributed by atoms with Crippen molar-refractivity contribution in [2.24, 2.45) is 0 Å². The van der Waals surface area contributed by atoms with E-state index in [0.29, 0.717) is 29.0 Å².